The molecule has 4 amide bonds. The first-order valence-electron chi connectivity index (χ1n) is 6.31. The lowest BCUT2D eigenvalue weighted by atomic mass is 10.0. The summed E-state index contributed by atoms with van der Waals surface area (Å²) < 4.78 is 0. The van der Waals surface area contributed by atoms with Gasteiger partial charge in [-0.2, -0.15) is 0 Å². The van der Waals surface area contributed by atoms with Gasteiger partial charge in [-0.3, -0.25) is 14.9 Å². The van der Waals surface area contributed by atoms with Crippen LogP contribution in [0.4, 0.5) is 4.79 Å². The van der Waals surface area contributed by atoms with E-state index < -0.39 is 17.5 Å². The highest BCUT2D eigenvalue weighted by atomic mass is 35.5. The third-order valence-electron chi connectivity index (χ3n) is 2.95. The van der Waals surface area contributed by atoms with Crippen molar-refractivity contribution < 1.29 is 14.4 Å². The normalized spacial score (nSPS) is 22.1. The van der Waals surface area contributed by atoms with Gasteiger partial charge in [-0.15, -0.1) is 0 Å². The van der Waals surface area contributed by atoms with E-state index in [-0.39, 0.29) is 13.1 Å². The van der Waals surface area contributed by atoms with Crippen LogP contribution in [-0.4, -0.2) is 41.9 Å². The number of rotatable bonds is 7. The molecule has 0 saturated carbocycles. The number of carbonyl (C=O) groups excluding carboxylic acids is 3. The summed E-state index contributed by atoms with van der Waals surface area (Å²) in [4.78, 5) is 35.4. The van der Waals surface area contributed by atoms with Gasteiger partial charge in [0.1, 0.15) is 5.54 Å². The van der Waals surface area contributed by atoms with E-state index in [9.17, 15) is 14.4 Å². The third kappa shape index (κ3) is 4.75. The van der Waals surface area contributed by atoms with E-state index in [4.69, 9.17) is 11.6 Å². The summed E-state index contributed by atoms with van der Waals surface area (Å²) in [6.07, 6.45) is 5.69. The zero-order valence-electron chi connectivity index (χ0n) is 12.0. The second-order valence-electron chi connectivity index (χ2n) is 4.92. The molecular weight excluding hydrogens is 294 g/mol. The predicted octanol–water partition coefficient (Wildman–Crippen LogP) is 1.30. The molecular formula is C14H18ClN3O3. The topological polar surface area (TPSA) is 78.5 Å². The Kier molecular flexibility index (Phi) is 5.72. The highest BCUT2D eigenvalue weighted by Crippen LogP contribution is 2.13. The molecule has 0 aromatic rings. The Balaban J connectivity index is 2.66. The van der Waals surface area contributed by atoms with Crippen LogP contribution in [-0.2, 0) is 9.59 Å². The molecule has 114 valence electrons. The molecule has 0 radical (unpaired) electrons. The smallest absolute Gasteiger partial charge is 0.322 e. The maximum atomic E-state index is 11.7. The number of nitrogens with one attached hydrogen (secondary N) is 2. The highest BCUT2D eigenvalue weighted by molar-refractivity contribution is 6.31. The molecule has 0 bridgehead atoms. The Morgan fingerprint density at radius 3 is 2.57 bits per heavy atom. The monoisotopic (exact) mass is 311 g/mol. The van der Waals surface area contributed by atoms with Crippen molar-refractivity contribution in [2.75, 3.05) is 13.1 Å². The van der Waals surface area contributed by atoms with Gasteiger partial charge in [0.05, 0.1) is 6.54 Å². The number of amides is 4. The van der Waals surface area contributed by atoms with E-state index in [2.05, 4.69) is 17.2 Å². The van der Waals surface area contributed by atoms with Gasteiger partial charge >= 0.3 is 6.03 Å². The average molecular weight is 312 g/mol. The van der Waals surface area contributed by atoms with Crippen LogP contribution in [0.25, 0.3) is 0 Å². The van der Waals surface area contributed by atoms with Gasteiger partial charge in [0.2, 0.25) is 6.41 Å². The van der Waals surface area contributed by atoms with Crippen LogP contribution in [0.3, 0.4) is 0 Å². The van der Waals surface area contributed by atoms with Crippen molar-refractivity contribution in [3.63, 3.8) is 0 Å². The molecule has 1 atom stereocenters. The molecule has 1 aliphatic rings. The summed E-state index contributed by atoms with van der Waals surface area (Å²) in [7, 11) is 0. The third-order valence-corrected chi connectivity index (χ3v) is 3.29. The van der Waals surface area contributed by atoms with Crippen LogP contribution < -0.4 is 10.6 Å². The van der Waals surface area contributed by atoms with Crippen LogP contribution in [0.5, 0.6) is 0 Å². The molecule has 1 fully saturated rings. The molecule has 0 aromatic carbocycles. The number of carbonyl (C=O) groups is 3. The van der Waals surface area contributed by atoms with Gasteiger partial charge in [-0.25, -0.2) is 4.79 Å². The molecule has 6 nitrogen and oxygen atoms in total. The van der Waals surface area contributed by atoms with Gasteiger partial charge in [0.15, 0.2) is 0 Å². The number of halogens is 1. The summed E-state index contributed by atoms with van der Waals surface area (Å²) in [6, 6.07) is -0.563. The van der Waals surface area contributed by atoms with Gasteiger partial charge in [-0.1, -0.05) is 30.3 Å². The second-order valence-corrected chi connectivity index (χ2v) is 5.35. The van der Waals surface area contributed by atoms with Crippen LogP contribution >= 0.6 is 11.6 Å². The molecule has 0 aromatic heterocycles. The van der Waals surface area contributed by atoms with Crippen LogP contribution in [0.15, 0.2) is 35.4 Å². The first-order chi connectivity index (χ1) is 9.80. The molecule has 0 aliphatic carbocycles. The molecule has 1 unspecified atom stereocenters. The van der Waals surface area contributed by atoms with E-state index in [1.807, 2.05) is 0 Å². The van der Waals surface area contributed by atoms with Crippen LogP contribution in [0.1, 0.15) is 13.8 Å². The predicted molar refractivity (Wildman–Crippen MR) is 80.6 cm³/mol. The number of hydrogen-bond acceptors (Lipinski definition) is 3. The first kappa shape index (κ1) is 17.0. The van der Waals surface area contributed by atoms with Gasteiger partial charge in [0.25, 0.3) is 5.91 Å². The van der Waals surface area contributed by atoms with E-state index in [0.717, 1.165) is 0 Å². The Hall–Kier alpha value is -2.08. The first-order valence-corrected chi connectivity index (χ1v) is 6.69. The standard InChI is InChI=1S/C14H18ClN3O3/c1-4-11(15)6-5-10(2)7-18(9-19)8-14(3)12(20)16-13(21)17-14/h4-6,9H,2,7-8H2,1,3H3,(H2,16,17,20,21)/b6-5-,11-4+. The summed E-state index contributed by atoms with van der Waals surface area (Å²) in [6.45, 7) is 7.46. The summed E-state index contributed by atoms with van der Waals surface area (Å²) in [5.41, 5.74) is -0.487. The van der Waals surface area contributed by atoms with Crippen molar-refractivity contribution in [2.45, 2.75) is 19.4 Å². The Morgan fingerprint density at radius 2 is 2.10 bits per heavy atom. The zero-order chi connectivity index (χ0) is 16.0. The number of imide groups is 1. The fraction of sp³-hybridized carbons (Fsp3) is 0.357. The molecule has 2 N–H and O–H groups in total. The molecule has 21 heavy (non-hydrogen) atoms. The lowest BCUT2D eigenvalue weighted by Crippen LogP contribution is -2.52. The average Bonchev–Trinajstić information content (AvgIpc) is 2.68. The number of nitrogens with zero attached hydrogens (tertiary/aromatic N) is 1. The second kappa shape index (κ2) is 7.08. The molecule has 0 spiro atoms. The maximum absolute atomic E-state index is 11.7. The maximum Gasteiger partial charge on any atom is 0.322 e. The largest absolute Gasteiger partial charge is 0.338 e. The lowest BCUT2D eigenvalue weighted by molar-refractivity contribution is -0.125. The fourth-order valence-electron chi connectivity index (χ4n) is 1.83. The van der Waals surface area contributed by atoms with Crippen LogP contribution in [0.2, 0.25) is 0 Å². The molecule has 1 aliphatic heterocycles. The number of hydrogen-bond donors (Lipinski definition) is 2. The van der Waals surface area contributed by atoms with Crippen molar-refractivity contribution >= 4 is 29.9 Å². The summed E-state index contributed by atoms with van der Waals surface area (Å²) >= 11 is 5.82. The van der Waals surface area contributed by atoms with E-state index in [1.165, 1.54) is 4.90 Å². The van der Waals surface area contributed by atoms with Gasteiger partial charge in [-0.05, 0) is 25.5 Å². The SMILES string of the molecule is C=C(/C=C\C(Cl)=C/C)CN(C=O)CC1(C)NC(=O)NC1=O. The summed E-state index contributed by atoms with van der Waals surface area (Å²) in [5.74, 6) is -0.461. The Morgan fingerprint density at radius 1 is 1.43 bits per heavy atom. The molecule has 1 rings (SSSR count). The van der Waals surface area contributed by atoms with Crippen molar-refractivity contribution in [1.29, 1.82) is 0 Å². The number of urea groups is 1. The van der Waals surface area contributed by atoms with E-state index >= 15 is 0 Å². The van der Waals surface area contributed by atoms with E-state index in [1.54, 1.807) is 32.1 Å². The van der Waals surface area contributed by atoms with Crippen LogP contribution in [0, 0.1) is 0 Å². The van der Waals surface area contributed by atoms with Crippen molar-refractivity contribution in [3.05, 3.63) is 35.4 Å². The Labute approximate surface area is 128 Å². The molecule has 1 saturated heterocycles. The minimum absolute atomic E-state index is 0.0539. The quantitative estimate of drug-likeness (QED) is 0.422. The summed E-state index contributed by atoms with van der Waals surface area (Å²) in [5, 5.41) is 5.20. The molecule has 1 heterocycles. The van der Waals surface area contributed by atoms with Crippen molar-refractivity contribution in [2.24, 2.45) is 0 Å². The van der Waals surface area contributed by atoms with E-state index in [0.29, 0.717) is 17.0 Å². The zero-order valence-corrected chi connectivity index (χ0v) is 12.7. The minimum Gasteiger partial charge on any atom is -0.338 e. The Bertz CT molecular complexity index is 528. The minimum atomic E-state index is -1.14. The highest BCUT2D eigenvalue weighted by Gasteiger charge is 2.43. The fourth-order valence-corrected chi connectivity index (χ4v) is 1.90. The van der Waals surface area contributed by atoms with Crippen molar-refractivity contribution in [1.82, 2.24) is 15.5 Å². The van der Waals surface area contributed by atoms with Gasteiger partial charge < -0.3 is 10.2 Å². The number of allylic oxidation sites excluding steroid dienone is 3. The van der Waals surface area contributed by atoms with Crippen molar-refractivity contribution in [3.8, 4) is 0 Å². The molecule has 7 heteroatoms. The lowest BCUT2D eigenvalue weighted by Gasteiger charge is -2.27. The van der Waals surface area contributed by atoms with Gasteiger partial charge in [0, 0.05) is 11.6 Å².